The molecule has 1 aliphatic rings. The van der Waals surface area contributed by atoms with Crippen LogP contribution >= 0.6 is 0 Å². The summed E-state index contributed by atoms with van der Waals surface area (Å²) in [6.07, 6.45) is 3.21. The number of carbonyl (C=O) groups is 2. The van der Waals surface area contributed by atoms with Gasteiger partial charge >= 0.3 is 0 Å². The van der Waals surface area contributed by atoms with Gasteiger partial charge in [0.15, 0.2) is 0 Å². The van der Waals surface area contributed by atoms with Crippen molar-refractivity contribution in [1.82, 2.24) is 5.32 Å². The fraction of sp³-hybridized carbons (Fsp3) is 0.500. The van der Waals surface area contributed by atoms with Crippen molar-refractivity contribution in [2.45, 2.75) is 31.2 Å². The number of carbonyl (C=O) groups excluding carboxylic acids is 2. The molecule has 0 bridgehead atoms. The van der Waals surface area contributed by atoms with Crippen LogP contribution in [0.3, 0.4) is 0 Å². The molecule has 0 radical (unpaired) electrons. The van der Waals surface area contributed by atoms with E-state index in [0.717, 1.165) is 12.8 Å². The number of anilines is 1. The minimum atomic E-state index is -0.834. The second-order valence-electron chi connectivity index (χ2n) is 5.70. The van der Waals surface area contributed by atoms with Crippen molar-refractivity contribution in [2.75, 3.05) is 26.1 Å². The zero-order chi connectivity index (χ0) is 16.9. The van der Waals surface area contributed by atoms with E-state index >= 15 is 0 Å². The fourth-order valence-electron chi connectivity index (χ4n) is 2.65. The zero-order valence-electron chi connectivity index (χ0n) is 13.5. The number of hydrogen-bond acceptors (Lipinski definition) is 5. The molecule has 23 heavy (non-hydrogen) atoms. The average molecular weight is 321 g/mol. The monoisotopic (exact) mass is 321 g/mol. The van der Waals surface area contributed by atoms with Crippen LogP contribution in [0.5, 0.6) is 11.5 Å². The lowest BCUT2D eigenvalue weighted by Crippen LogP contribution is -2.53. The third-order valence-electron chi connectivity index (χ3n) is 3.99. The Kier molecular flexibility index (Phi) is 5.44. The molecule has 126 valence electrons. The van der Waals surface area contributed by atoms with E-state index in [2.05, 4.69) is 10.6 Å². The molecule has 0 saturated heterocycles. The van der Waals surface area contributed by atoms with Crippen LogP contribution in [0.4, 0.5) is 5.69 Å². The summed E-state index contributed by atoms with van der Waals surface area (Å²) in [7, 11) is 3.06. The van der Waals surface area contributed by atoms with Gasteiger partial charge in [0.1, 0.15) is 11.5 Å². The average Bonchev–Trinajstić information content (AvgIpc) is 3.00. The Hall–Kier alpha value is -2.28. The summed E-state index contributed by atoms with van der Waals surface area (Å²) < 4.78 is 10.3. The SMILES string of the molecule is COc1cc(NC(=O)CNC(=O)C2(N)CCCC2)cc(OC)c1. The molecule has 0 aliphatic heterocycles. The van der Waals surface area contributed by atoms with Crippen molar-refractivity contribution in [3.63, 3.8) is 0 Å². The fourth-order valence-corrected chi connectivity index (χ4v) is 2.65. The van der Waals surface area contributed by atoms with E-state index in [-0.39, 0.29) is 18.4 Å². The second-order valence-corrected chi connectivity index (χ2v) is 5.70. The third-order valence-corrected chi connectivity index (χ3v) is 3.99. The molecule has 4 N–H and O–H groups in total. The second kappa shape index (κ2) is 7.32. The van der Waals surface area contributed by atoms with Crippen molar-refractivity contribution in [3.05, 3.63) is 18.2 Å². The van der Waals surface area contributed by atoms with Crippen LogP contribution in [-0.4, -0.2) is 38.1 Å². The topological polar surface area (TPSA) is 103 Å². The van der Waals surface area contributed by atoms with E-state index in [1.54, 1.807) is 18.2 Å². The molecule has 1 saturated carbocycles. The van der Waals surface area contributed by atoms with Gasteiger partial charge in [-0.1, -0.05) is 12.8 Å². The molecule has 2 amide bonds. The maximum atomic E-state index is 12.1. The minimum absolute atomic E-state index is 0.128. The Morgan fingerprint density at radius 2 is 1.70 bits per heavy atom. The van der Waals surface area contributed by atoms with Crippen LogP contribution < -0.4 is 25.8 Å². The van der Waals surface area contributed by atoms with Crippen molar-refractivity contribution in [2.24, 2.45) is 5.73 Å². The summed E-state index contributed by atoms with van der Waals surface area (Å²) in [5.74, 6) is 0.523. The smallest absolute Gasteiger partial charge is 0.243 e. The number of amides is 2. The van der Waals surface area contributed by atoms with Crippen molar-refractivity contribution in [1.29, 1.82) is 0 Å². The molecule has 0 atom stereocenters. The number of nitrogens with one attached hydrogen (secondary N) is 2. The van der Waals surface area contributed by atoms with Crippen LogP contribution in [0.25, 0.3) is 0 Å². The molecule has 0 heterocycles. The number of methoxy groups -OCH3 is 2. The maximum Gasteiger partial charge on any atom is 0.243 e. The van der Waals surface area contributed by atoms with Gasteiger partial charge in [-0.25, -0.2) is 0 Å². The lowest BCUT2D eigenvalue weighted by molar-refractivity contribution is -0.128. The summed E-state index contributed by atoms with van der Waals surface area (Å²) in [4.78, 5) is 24.1. The summed E-state index contributed by atoms with van der Waals surface area (Å²) in [5.41, 5.74) is 5.74. The molecule has 7 nitrogen and oxygen atoms in total. The molecular weight excluding hydrogens is 298 g/mol. The molecule has 1 aliphatic carbocycles. The Morgan fingerprint density at radius 3 is 2.22 bits per heavy atom. The van der Waals surface area contributed by atoms with Crippen LogP contribution in [0.15, 0.2) is 18.2 Å². The van der Waals surface area contributed by atoms with Gasteiger partial charge in [0.25, 0.3) is 0 Å². The van der Waals surface area contributed by atoms with Gasteiger partial charge in [-0.2, -0.15) is 0 Å². The molecular formula is C16H23N3O4. The van der Waals surface area contributed by atoms with Crippen LogP contribution in [0.1, 0.15) is 25.7 Å². The quantitative estimate of drug-likeness (QED) is 0.726. The van der Waals surface area contributed by atoms with Gasteiger partial charge in [0, 0.05) is 23.9 Å². The largest absolute Gasteiger partial charge is 0.497 e. The normalized spacial score (nSPS) is 15.8. The van der Waals surface area contributed by atoms with Gasteiger partial charge in [0.2, 0.25) is 11.8 Å². The first kappa shape index (κ1) is 17.1. The van der Waals surface area contributed by atoms with Crippen molar-refractivity contribution >= 4 is 17.5 Å². The summed E-state index contributed by atoms with van der Waals surface area (Å²) in [5, 5.41) is 5.30. The molecule has 1 aromatic rings. The molecule has 7 heteroatoms. The zero-order valence-corrected chi connectivity index (χ0v) is 13.5. The van der Waals surface area contributed by atoms with E-state index in [0.29, 0.717) is 30.0 Å². The molecule has 0 unspecified atom stereocenters. The van der Waals surface area contributed by atoms with Crippen LogP contribution in [0, 0.1) is 0 Å². The predicted octanol–water partition coefficient (Wildman–Crippen LogP) is 1.03. The highest BCUT2D eigenvalue weighted by Crippen LogP contribution is 2.27. The van der Waals surface area contributed by atoms with E-state index < -0.39 is 5.54 Å². The van der Waals surface area contributed by atoms with E-state index in [4.69, 9.17) is 15.2 Å². The number of hydrogen-bond donors (Lipinski definition) is 3. The number of ether oxygens (including phenoxy) is 2. The molecule has 1 aromatic carbocycles. The molecule has 2 rings (SSSR count). The summed E-state index contributed by atoms with van der Waals surface area (Å²) >= 11 is 0. The van der Waals surface area contributed by atoms with Gasteiger partial charge in [-0.05, 0) is 12.8 Å². The minimum Gasteiger partial charge on any atom is -0.497 e. The lowest BCUT2D eigenvalue weighted by Gasteiger charge is -2.22. The van der Waals surface area contributed by atoms with Gasteiger partial charge in [0.05, 0.1) is 26.3 Å². The first-order valence-corrected chi connectivity index (χ1v) is 7.57. The van der Waals surface area contributed by atoms with Crippen LogP contribution in [0.2, 0.25) is 0 Å². The number of nitrogens with two attached hydrogens (primary N) is 1. The Balaban J connectivity index is 1.91. The molecule has 0 spiro atoms. The summed E-state index contributed by atoms with van der Waals surface area (Å²) in [6, 6.07) is 5.04. The number of rotatable bonds is 6. The third kappa shape index (κ3) is 4.35. The lowest BCUT2D eigenvalue weighted by atomic mass is 9.98. The Bertz CT molecular complexity index is 560. The van der Waals surface area contributed by atoms with E-state index in [9.17, 15) is 9.59 Å². The van der Waals surface area contributed by atoms with E-state index in [1.807, 2.05) is 0 Å². The summed E-state index contributed by atoms with van der Waals surface area (Å²) in [6.45, 7) is -0.128. The maximum absolute atomic E-state index is 12.1. The van der Waals surface area contributed by atoms with Gasteiger partial charge in [-0.15, -0.1) is 0 Å². The standard InChI is InChI=1S/C16H23N3O4/c1-22-12-7-11(8-13(9-12)23-2)19-14(20)10-18-15(21)16(17)5-3-4-6-16/h7-9H,3-6,10,17H2,1-2H3,(H,18,21)(H,19,20). The van der Waals surface area contributed by atoms with Gasteiger partial charge < -0.3 is 25.8 Å². The Morgan fingerprint density at radius 1 is 1.13 bits per heavy atom. The predicted molar refractivity (Wildman–Crippen MR) is 86.6 cm³/mol. The van der Waals surface area contributed by atoms with Crippen molar-refractivity contribution in [3.8, 4) is 11.5 Å². The highest BCUT2D eigenvalue weighted by Gasteiger charge is 2.36. The van der Waals surface area contributed by atoms with Gasteiger partial charge in [-0.3, -0.25) is 9.59 Å². The number of benzene rings is 1. The molecule has 0 aromatic heterocycles. The van der Waals surface area contributed by atoms with Crippen LogP contribution in [-0.2, 0) is 9.59 Å². The van der Waals surface area contributed by atoms with E-state index in [1.165, 1.54) is 14.2 Å². The first-order valence-electron chi connectivity index (χ1n) is 7.57. The Labute approximate surface area is 135 Å². The highest BCUT2D eigenvalue weighted by molar-refractivity contribution is 5.96. The highest BCUT2D eigenvalue weighted by atomic mass is 16.5. The van der Waals surface area contributed by atoms with Crippen molar-refractivity contribution < 1.29 is 19.1 Å². The molecule has 1 fully saturated rings. The first-order chi connectivity index (χ1) is 11.0.